The van der Waals surface area contributed by atoms with E-state index < -0.39 is 5.60 Å². The largest absolute Gasteiger partial charge is 0.366 e. The third-order valence-corrected chi connectivity index (χ3v) is 4.02. The van der Waals surface area contributed by atoms with Gasteiger partial charge < -0.3 is 10.1 Å². The van der Waals surface area contributed by atoms with Gasteiger partial charge in [-0.2, -0.15) is 0 Å². The lowest BCUT2D eigenvalue weighted by Gasteiger charge is -2.35. The summed E-state index contributed by atoms with van der Waals surface area (Å²) >= 11 is 0. The van der Waals surface area contributed by atoms with E-state index in [-0.39, 0.29) is 0 Å². The van der Waals surface area contributed by atoms with Crippen molar-refractivity contribution >= 4 is 0 Å². The molecule has 0 saturated carbocycles. The van der Waals surface area contributed by atoms with Crippen LogP contribution in [0.2, 0.25) is 0 Å². The second kappa shape index (κ2) is 9.29. The number of hydrogen-bond acceptors (Lipinski definition) is 2. The number of benzene rings is 2. The van der Waals surface area contributed by atoms with E-state index in [1.54, 1.807) is 0 Å². The molecule has 0 atom stereocenters. The summed E-state index contributed by atoms with van der Waals surface area (Å²) in [4.78, 5) is 0. The molecule has 2 aromatic carbocycles. The van der Waals surface area contributed by atoms with Gasteiger partial charge in [-0.15, -0.1) is 0 Å². The van der Waals surface area contributed by atoms with Crippen LogP contribution in [0.4, 0.5) is 0 Å². The summed E-state index contributed by atoms with van der Waals surface area (Å²) in [5.74, 6) is 0. The van der Waals surface area contributed by atoms with E-state index in [4.69, 9.17) is 4.74 Å². The molecule has 0 aliphatic rings. The molecule has 0 bridgehead atoms. The minimum absolute atomic E-state index is 0.403. The summed E-state index contributed by atoms with van der Waals surface area (Å²) in [5, 5.41) is 3.47. The molecule has 0 saturated heterocycles. The first-order chi connectivity index (χ1) is 11.3. The summed E-state index contributed by atoms with van der Waals surface area (Å²) in [6.07, 6.45) is 5.09. The molecule has 0 aliphatic carbocycles. The highest BCUT2D eigenvalue weighted by Crippen LogP contribution is 2.36. The SMILES string of the molecule is CC=CCNCCC(OCC)(c1ccccc1)c1ccccc1. The number of rotatable bonds is 9. The maximum atomic E-state index is 6.35. The van der Waals surface area contributed by atoms with Crippen LogP contribution in [0.25, 0.3) is 0 Å². The molecule has 2 heteroatoms. The Bertz CT molecular complexity index is 538. The molecule has 0 heterocycles. The fourth-order valence-corrected chi connectivity index (χ4v) is 2.92. The normalized spacial score (nSPS) is 11.9. The van der Waals surface area contributed by atoms with Gasteiger partial charge in [0, 0.05) is 13.2 Å². The van der Waals surface area contributed by atoms with Crippen LogP contribution < -0.4 is 5.32 Å². The smallest absolute Gasteiger partial charge is 0.119 e. The Labute approximate surface area is 140 Å². The number of nitrogens with one attached hydrogen (secondary N) is 1. The van der Waals surface area contributed by atoms with Gasteiger partial charge in [-0.05, 0) is 37.9 Å². The Balaban J connectivity index is 2.31. The van der Waals surface area contributed by atoms with Gasteiger partial charge in [-0.3, -0.25) is 0 Å². The van der Waals surface area contributed by atoms with Crippen molar-refractivity contribution in [1.29, 1.82) is 0 Å². The van der Waals surface area contributed by atoms with Crippen molar-refractivity contribution in [2.45, 2.75) is 25.9 Å². The van der Waals surface area contributed by atoms with Crippen LogP contribution in [0.3, 0.4) is 0 Å². The van der Waals surface area contributed by atoms with Crippen molar-refractivity contribution in [2.24, 2.45) is 0 Å². The van der Waals surface area contributed by atoms with Crippen molar-refractivity contribution in [3.8, 4) is 0 Å². The highest BCUT2D eigenvalue weighted by atomic mass is 16.5. The quantitative estimate of drug-likeness (QED) is 0.543. The first-order valence-electron chi connectivity index (χ1n) is 8.40. The van der Waals surface area contributed by atoms with Crippen molar-refractivity contribution in [3.05, 3.63) is 83.9 Å². The lowest BCUT2D eigenvalue weighted by molar-refractivity contribution is -0.0171. The Morgan fingerprint density at radius 2 is 1.52 bits per heavy atom. The van der Waals surface area contributed by atoms with Crippen molar-refractivity contribution in [2.75, 3.05) is 19.7 Å². The molecule has 2 aromatic rings. The van der Waals surface area contributed by atoms with Gasteiger partial charge in [-0.25, -0.2) is 0 Å². The summed E-state index contributed by atoms with van der Waals surface area (Å²) in [6.45, 7) is 6.57. The summed E-state index contributed by atoms with van der Waals surface area (Å²) in [6, 6.07) is 21.1. The average molecular weight is 309 g/mol. The first-order valence-corrected chi connectivity index (χ1v) is 8.40. The van der Waals surface area contributed by atoms with Crippen LogP contribution in [0.15, 0.2) is 72.8 Å². The second-order valence-corrected chi connectivity index (χ2v) is 5.52. The number of allylic oxidation sites excluding steroid dienone is 1. The van der Waals surface area contributed by atoms with E-state index in [0.717, 1.165) is 19.5 Å². The molecule has 0 spiro atoms. The lowest BCUT2D eigenvalue weighted by atomic mass is 9.83. The Morgan fingerprint density at radius 3 is 2.00 bits per heavy atom. The summed E-state index contributed by atoms with van der Waals surface area (Å²) in [5.41, 5.74) is 2.02. The van der Waals surface area contributed by atoms with Crippen molar-refractivity contribution in [1.82, 2.24) is 5.32 Å². The molecular weight excluding hydrogens is 282 g/mol. The van der Waals surface area contributed by atoms with Crippen molar-refractivity contribution in [3.63, 3.8) is 0 Å². The molecule has 0 fully saturated rings. The zero-order valence-corrected chi connectivity index (χ0v) is 14.2. The number of ether oxygens (including phenoxy) is 1. The minimum atomic E-state index is -0.403. The van der Waals surface area contributed by atoms with Gasteiger partial charge >= 0.3 is 0 Å². The molecule has 2 nitrogen and oxygen atoms in total. The summed E-state index contributed by atoms with van der Waals surface area (Å²) < 4.78 is 6.35. The highest BCUT2D eigenvalue weighted by molar-refractivity contribution is 5.36. The molecule has 122 valence electrons. The molecule has 23 heavy (non-hydrogen) atoms. The fourth-order valence-electron chi connectivity index (χ4n) is 2.92. The van der Waals surface area contributed by atoms with Crippen LogP contribution in [0.5, 0.6) is 0 Å². The standard InChI is InChI=1S/C21H27NO/c1-3-5-17-22-18-16-21(23-4-2,19-12-8-6-9-13-19)20-14-10-7-11-15-20/h3,5-15,22H,4,16-18H2,1-2H3. The fraction of sp³-hybridized carbons (Fsp3) is 0.333. The van der Waals surface area contributed by atoms with Gasteiger partial charge in [-0.1, -0.05) is 72.8 Å². The van der Waals surface area contributed by atoms with E-state index in [2.05, 4.69) is 85.1 Å². The van der Waals surface area contributed by atoms with E-state index in [9.17, 15) is 0 Å². The van der Waals surface area contributed by atoms with Crippen LogP contribution in [0, 0.1) is 0 Å². The molecule has 1 N–H and O–H groups in total. The molecule has 0 aromatic heterocycles. The van der Waals surface area contributed by atoms with E-state index in [1.807, 2.05) is 6.92 Å². The third kappa shape index (κ3) is 4.54. The van der Waals surface area contributed by atoms with E-state index in [1.165, 1.54) is 11.1 Å². The van der Waals surface area contributed by atoms with Crippen LogP contribution >= 0.6 is 0 Å². The van der Waals surface area contributed by atoms with Gasteiger partial charge in [0.25, 0.3) is 0 Å². The van der Waals surface area contributed by atoms with Gasteiger partial charge in [0.15, 0.2) is 0 Å². The van der Waals surface area contributed by atoms with Gasteiger partial charge in [0.2, 0.25) is 0 Å². The Hall–Kier alpha value is -1.90. The monoisotopic (exact) mass is 309 g/mol. The first kappa shape index (κ1) is 17.5. The zero-order chi connectivity index (χ0) is 16.4. The minimum Gasteiger partial charge on any atom is -0.366 e. The molecule has 0 radical (unpaired) electrons. The van der Waals surface area contributed by atoms with Crippen molar-refractivity contribution < 1.29 is 4.74 Å². The highest BCUT2D eigenvalue weighted by Gasteiger charge is 2.34. The molecule has 0 unspecified atom stereocenters. The Morgan fingerprint density at radius 1 is 0.957 bits per heavy atom. The van der Waals surface area contributed by atoms with E-state index in [0.29, 0.717) is 6.61 Å². The van der Waals surface area contributed by atoms with Gasteiger partial charge in [0.1, 0.15) is 5.60 Å². The maximum Gasteiger partial charge on any atom is 0.119 e. The molecule has 2 rings (SSSR count). The number of hydrogen-bond donors (Lipinski definition) is 1. The average Bonchev–Trinajstić information content (AvgIpc) is 2.62. The van der Waals surface area contributed by atoms with E-state index >= 15 is 0 Å². The van der Waals surface area contributed by atoms with Crippen LogP contribution in [-0.4, -0.2) is 19.7 Å². The lowest BCUT2D eigenvalue weighted by Crippen LogP contribution is -2.35. The Kier molecular flexibility index (Phi) is 7.05. The predicted octanol–water partition coefficient (Wildman–Crippen LogP) is 4.52. The van der Waals surface area contributed by atoms with Crippen LogP contribution in [0.1, 0.15) is 31.4 Å². The third-order valence-electron chi connectivity index (χ3n) is 4.02. The topological polar surface area (TPSA) is 21.3 Å². The predicted molar refractivity (Wildman–Crippen MR) is 97.6 cm³/mol. The summed E-state index contributed by atoms with van der Waals surface area (Å²) in [7, 11) is 0. The second-order valence-electron chi connectivity index (χ2n) is 5.52. The van der Waals surface area contributed by atoms with Crippen LogP contribution in [-0.2, 0) is 10.3 Å². The van der Waals surface area contributed by atoms with Gasteiger partial charge in [0.05, 0.1) is 0 Å². The molecule has 0 amide bonds. The zero-order valence-electron chi connectivity index (χ0n) is 14.2. The molecule has 0 aliphatic heterocycles. The molecular formula is C21H27NO. The maximum absolute atomic E-state index is 6.35.